The van der Waals surface area contributed by atoms with Crippen molar-refractivity contribution in [1.29, 1.82) is 0 Å². The Morgan fingerprint density at radius 1 is 1.18 bits per heavy atom. The highest BCUT2D eigenvalue weighted by Gasteiger charge is 2.30. The predicted molar refractivity (Wildman–Crippen MR) is 77.4 cm³/mol. The van der Waals surface area contributed by atoms with Gasteiger partial charge in [-0.25, -0.2) is 4.98 Å². The fourth-order valence-corrected chi connectivity index (χ4v) is 2.44. The van der Waals surface area contributed by atoms with Crippen molar-refractivity contribution in [1.82, 2.24) is 9.88 Å². The van der Waals surface area contributed by atoms with Crippen molar-refractivity contribution in [3.63, 3.8) is 0 Å². The number of carbonyl (C=O) groups excluding carboxylic acids is 1. The normalized spacial score (nSPS) is 16.2. The molecule has 1 amide bonds. The van der Waals surface area contributed by atoms with Crippen LogP contribution in [0.2, 0.25) is 0 Å². The van der Waals surface area contributed by atoms with Crippen molar-refractivity contribution in [2.24, 2.45) is 0 Å². The molecule has 1 saturated heterocycles. The van der Waals surface area contributed by atoms with Crippen LogP contribution in [0.25, 0.3) is 0 Å². The zero-order valence-electron chi connectivity index (χ0n) is 12.3. The second-order valence-corrected chi connectivity index (χ2v) is 5.40. The Hall–Kier alpha value is -1.79. The van der Waals surface area contributed by atoms with E-state index in [4.69, 9.17) is 0 Å². The van der Waals surface area contributed by atoms with Crippen molar-refractivity contribution in [3.8, 4) is 0 Å². The molecule has 4 nitrogen and oxygen atoms in total. The van der Waals surface area contributed by atoms with Gasteiger partial charge in [0.25, 0.3) is 0 Å². The zero-order valence-corrected chi connectivity index (χ0v) is 12.3. The summed E-state index contributed by atoms with van der Waals surface area (Å²) in [6.45, 7) is 1.97. The summed E-state index contributed by atoms with van der Waals surface area (Å²) in [6, 6.07) is 2.26. The van der Waals surface area contributed by atoms with Crippen molar-refractivity contribution in [3.05, 3.63) is 23.9 Å². The van der Waals surface area contributed by atoms with Crippen LogP contribution in [0.5, 0.6) is 0 Å². The van der Waals surface area contributed by atoms with Crippen molar-refractivity contribution in [2.45, 2.75) is 38.3 Å². The van der Waals surface area contributed by atoms with Crippen LogP contribution < -0.4 is 5.32 Å². The Labute approximate surface area is 127 Å². The number of anilines is 1. The van der Waals surface area contributed by atoms with E-state index in [0.717, 1.165) is 51.0 Å². The Kier molecular flexibility index (Phi) is 5.63. The fourth-order valence-electron chi connectivity index (χ4n) is 2.44. The molecule has 2 heterocycles. The van der Waals surface area contributed by atoms with Crippen LogP contribution in [-0.4, -0.2) is 35.4 Å². The van der Waals surface area contributed by atoms with E-state index in [2.05, 4.69) is 10.3 Å². The maximum absolute atomic E-state index is 12.4. The maximum atomic E-state index is 12.4. The van der Waals surface area contributed by atoms with Crippen LogP contribution in [-0.2, 0) is 11.0 Å². The molecule has 0 bridgehead atoms. The number of amides is 1. The van der Waals surface area contributed by atoms with E-state index in [1.807, 2.05) is 4.90 Å². The number of halogens is 3. The van der Waals surface area contributed by atoms with Gasteiger partial charge in [-0.1, -0.05) is 12.8 Å². The average Bonchev–Trinajstić information content (AvgIpc) is 2.76. The molecule has 1 aromatic heterocycles. The highest BCUT2D eigenvalue weighted by molar-refractivity contribution is 5.76. The van der Waals surface area contributed by atoms with E-state index in [-0.39, 0.29) is 5.91 Å². The molecule has 0 saturated carbocycles. The molecule has 122 valence electrons. The highest BCUT2D eigenvalue weighted by Crippen LogP contribution is 2.28. The maximum Gasteiger partial charge on any atom is 0.417 e. The molecule has 0 radical (unpaired) electrons. The standard InChI is InChI=1S/C15H20F3N3O/c16-15(17,18)12-5-6-13(20-11-12)19-8-7-14(22)21-9-3-1-2-4-10-21/h5-6,11H,1-4,7-10H2,(H,19,20). The number of hydrogen-bond acceptors (Lipinski definition) is 3. The number of hydrogen-bond donors (Lipinski definition) is 1. The number of likely N-dealkylation sites (tertiary alicyclic amines) is 1. The highest BCUT2D eigenvalue weighted by atomic mass is 19.4. The molecule has 22 heavy (non-hydrogen) atoms. The van der Waals surface area contributed by atoms with Gasteiger partial charge in [0.05, 0.1) is 5.56 Å². The van der Waals surface area contributed by atoms with Gasteiger partial charge in [0.2, 0.25) is 5.91 Å². The van der Waals surface area contributed by atoms with E-state index in [1.165, 1.54) is 6.07 Å². The molecule has 1 aromatic rings. The first-order chi connectivity index (χ1) is 10.5. The summed E-state index contributed by atoms with van der Waals surface area (Å²) in [5.74, 6) is 0.429. The van der Waals surface area contributed by atoms with Gasteiger partial charge in [-0.2, -0.15) is 13.2 Å². The molecule has 0 atom stereocenters. The van der Waals surface area contributed by atoms with Gasteiger partial charge < -0.3 is 10.2 Å². The number of nitrogens with zero attached hydrogens (tertiary/aromatic N) is 2. The Morgan fingerprint density at radius 3 is 2.41 bits per heavy atom. The first-order valence-electron chi connectivity index (χ1n) is 7.52. The van der Waals surface area contributed by atoms with E-state index >= 15 is 0 Å². The molecular weight excluding hydrogens is 295 g/mol. The Morgan fingerprint density at radius 2 is 1.86 bits per heavy atom. The third kappa shape index (κ3) is 4.89. The predicted octanol–water partition coefficient (Wildman–Crippen LogP) is 3.31. The summed E-state index contributed by atoms with van der Waals surface area (Å²) in [5, 5.41) is 2.88. The summed E-state index contributed by atoms with van der Waals surface area (Å²) in [7, 11) is 0. The molecular formula is C15H20F3N3O. The van der Waals surface area contributed by atoms with Crippen molar-refractivity contribution in [2.75, 3.05) is 25.0 Å². The first-order valence-corrected chi connectivity index (χ1v) is 7.52. The second kappa shape index (κ2) is 7.47. The first kappa shape index (κ1) is 16.6. The van der Waals surface area contributed by atoms with Gasteiger partial charge in [0.1, 0.15) is 5.82 Å². The third-order valence-corrected chi connectivity index (χ3v) is 3.69. The van der Waals surface area contributed by atoms with E-state index < -0.39 is 11.7 Å². The van der Waals surface area contributed by atoms with E-state index in [0.29, 0.717) is 18.8 Å². The largest absolute Gasteiger partial charge is 0.417 e. The fraction of sp³-hybridized carbons (Fsp3) is 0.600. The number of alkyl halides is 3. The van der Waals surface area contributed by atoms with Crippen LogP contribution in [0.15, 0.2) is 18.3 Å². The molecule has 1 fully saturated rings. The van der Waals surface area contributed by atoms with Crippen molar-refractivity contribution >= 4 is 11.7 Å². The van der Waals surface area contributed by atoms with Gasteiger partial charge in [-0.15, -0.1) is 0 Å². The van der Waals surface area contributed by atoms with Crippen molar-refractivity contribution < 1.29 is 18.0 Å². The third-order valence-electron chi connectivity index (χ3n) is 3.69. The topological polar surface area (TPSA) is 45.2 Å². The molecule has 2 rings (SSSR count). The lowest BCUT2D eigenvalue weighted by atomic mass is 10.2. The summed E-state index contributed by atoms with van der Waals surface area (Å²) >= 11 is 0. The summed E-state index contributed by atoms with van der Waals surface area (Å²) in [6.07, 6.45) is 1.14. The van der Waals surface area contributed by atoms with Gasteiger partial charge >= 0.3 is 6.18 Å². The molecule has 0 aromatic carbocycles. The van der Waals surface area contributed by atoms with E-state index in [9.17, 15) is 18.0 Å². The van der Waals surface area contributed by atoms with Crippen LogP contribution >= 0.6 is 0 Å². The van der Waals surface area contributed by atoms with E-state index in [1.54, 1.807) is 0 Å². The van der Waals surface area contributed by atoms with Crippen LogP contribution in [0.1, 0.15) is 37.7 Å². The molecule has 0 aliphatic carbocycles. The van der Waals surface area contributed by atoms with Gasteiger partial charge in [0, 0.05) is 32.3 Å². The second-order valence-electron chi connectivity index (χ2n) is 5.40. The number of carbonyl (C=O) groups is 1. The Balaban J connectivity index is 1.77. The minimum Gasteiger partial charge on any atom is -0.370 e. The van der Waals surface area contributed by atoms with Gasteiger partial charge in [-0.3, -0.25) is 4.79 Å². The zero-order chi connectivity index (χ0) is 16.0. The molecule has 0 spiro atoms. The molecule has 1 aliphatic heterocycles. The minimum atomic E-state index is -4.38. The number of aromatic nitrogens is 1. The lowest BCUT2D eigenvalue weighted by Crippen LogP contribution is -2.32. The molecule has 1 aliphatic rings. The lowest BCUT2D eigenvalue weighted by molar-refractivity contribution is -0.137. The number of pyridine rings is 1. The molecule has 7 heteroatoms. The van der Waals surface area contributed by atoms with Gasteiger partial charge in [0.15, 0.2) is 0 Å². The minimum absolute atomic E-state index is 0.0845. The summed E-state index contributed by atoms with van der Waals surface area (Å²) < 4.78 is 37.2. The quantitative estimate of drug-likeness (QED) is 0.927. The molecule has 1 N–H and O–H groups in total. The Bertz CT molecular complexity index is 480. The lowest BCUT2D eigenvalue weighted by Gasteiger charge is -2.20. The van der Waals surface area contributed by atoms with Crippen LogP contribution in [0.4, 0.5) is 19.0 Å². The number of rotatable bonds is 4. The average molecular weight is 315 g/mol. The number of nitrogens with one attached hydrogen (secondary N) is 1. The monoisotopic (exact) mass is 315 g/mol. The molecule has 0 unspecified atom stereocenters. The van der Waals surface area contributed by atoms with Crippen LogP contribution in [0, 0.1) is 0 Å². The van der Waals surface area contributed by atoms with Gasteiger partial charge in [-0.05, 0) is 25.0 Å². The van der Waals surface area contributed by atoms with Crippen LogP contribution in [0.3, 0.4) is 0 Å². The smallest absolute Gasteiger partial charge is 0.370 e. The summed E-state index contributed by atoms with van der Waals surface area (Å²) in [4.78, 5) is 17.6. The summed E-state index contributed by atoms with van der Waals surface area (Å²) in [5.41, 5.74) is -0.779. The SMILES string of the molecule is O=C(CCNc1ccc(C(F)(F)F)cn1)N1CCCCCC1.